The number of methoxy groups -OCH3 is 1. The highest BCUT2D eigenvalue weighted by molar-refractivity contribution is 7.10. The predicted molar refractivity (Wildman–Crippen MR) is 87.0 cm³/mol. The summed E-state index contributed by atoms with van der Waals surface area (Å²) in [4.78, 5) is 25.7. The van der Waals surface area contributed by atoms with Crippen molar-refractivity contribution in [2.24, 2.45) is 0 Å². The Balaban J connectivity index is 2.19. The molecule has 0 bridgehead atoms. The minimum atomic E-state index is -0.457. The van der Waals surface area contributed by atoms with Crippen molar-refractivity contribution >= 4 is 28.4 Å². The molecule has 2 aromatic heterocycles. The third-order valence-corrected chi connectivity index (χ3v) is 4.37. The molecule has 0 aliphatic carbocycles. The number of hydrogen-bond donors (Lipinski definition) is 1. The molecule has 1 amide bonds. The van der Waals surface area contributed by atoms with Gasteiger partial charge in [-0.1, -0.05) is 0 Å². The van der Waals surface area contributed by atoms with Gasteiger partial charge in [0.2, 0.25) is 0 Å². The van der Waals surface area contributed by atoms with Crippen molar-refractivity contribution in [2.75, 3.05) is 26.5 Å². The number of carbonyl (C=O) groups is 2. The molecule has 2 rings (SSSR count). The maximum absolute atomic E-state index is 12.6. The van der Waals surface area contributed by atoms with Crippen LogP contribution in [-0.4, -0.2) is 42.4 Å². The molecule has 0 saturated heterocycles. The van der Waals surface area contributed by atoms with Gasteiger partial charge in [-0.25, -0.2) is 4.79 Å². The number of nitrogens with one attached hydrogen (secondary N) is 1. The normalized spacial score (nSPS) is 10.5. The number of hydrogen-bond acceptors (Lipinski definition) is 7. The van der Waals surface area contributed by atoms with Crippen molar-refractivity contribution in [3.05, 3.63) is 34.4 Å². The van der Waals surface area contributed by atoms with Crippen LogP contribution in [0.15, 0.2) is 10.5 Å². The van der Waals surface area contributed by atoms with Crippen LogP contribution in [0.25, 0.3) is 0 Å². The van der Waals surface area contributed by atoms with E-state index < -0.39 is 5.97 Å². The zero-order valence-electron chi connectivity index (χ0n) is 13.7. The van der Waals surface area contributed by atoms with Gasteiger partial charge in [0.05, 0.1) is 24.9 Å². The van der Waals surface area contributed by atoms with Crippen molar-refractivity contribution in [3.8, 4) is 0 Å². The fraction of sp³-hybridized carbons (Fsp3) is 0.400. The second-order valence-electron chi connectivity index (χ2n) is 5.06. The van der Waals surface area contributed by atoms with Crippen LogP contribution in [0, 0.1) is 13.8 Å². The van der Waals surface area contributed by atoms with Gasteiger partial charge in [-0.2, -0.15) is 4.37 Å². The summed E-state index contributed by atoms with van der Waals surface area (Å²) in [7, 11) is 4.74. The maximum Gasteiger partial charge on any atom is 0.341 e. The molecule has 0 spiro atoms. The molecule has 2 aromatic rings. The van der Waals surface area contributed by atoms with Crippen molar-refractivity contribution in [1.29, 1.82) is 0 Å². The van der Waals surface area contributed by atoms with Crippen LogP contribution in [0.5, 0.6) is 0 Å². The molecule has 0 aliphatic rings. The third-order valence-electron chi connectivity index (χ3n) is 3.42. The highest BCUT2D eigenvalue weighted by atomic mass is 32.1. The van der Waals surface area contributed by atoms with Gasteiger partial charge < -0.3 is 19.4 Å². The van der Waals surface area contributed by atoms with Gasteiger partial charge in [0.15, 0.2) is 0 Å². The summed E-state index contributed by atoms with van der Waals surface area (Å²) in [5, 5.41) is 3.70. The van der Waals surface area contributed by atoms with Gasteiger partial charge in [0, 0.05) is 14.1 Å². The van der Waals surface area contributed by atoms with E-state index in [-0.39, 0.29) is 12.5 Å². The smallest absolute Gasteiger partial charge is 0.341 e. The van der Waals surface area contributed by atoms with Gasteiger partial charge in [-0.3, -0.25) is 4.79 Å². The lowest BCUT2D eigenvalue weighted by atomic mass is 10.2. The molecule has 1 N–H and O–H groups in total. The van der Waals surface area contributed by atoms with E-state index in [2.05, 4.69) is 9.69 Å². The number of furan rings is 1. The van der Waals surface area contributed by atoms with E-state index in [0.29, 0.717) is 28.3 Å². The van der Waals surface area contributed by atoms with Crippen molar-refractivity contribution in [1.82, 2.24) is 9.27 Å². The Morgan fingerprint density at radius 1 is 1.43 bits per heavy atom. The zero-order chi connectivity index (χ0) is 17.1. The molecule has 124 valence electrons. The number of anilines is 1. The van der Waals surface area contributed by atoms with E-state index in [1.165, 1.54) is 23.5 Å². The number of aromatic nitrogens is 1. The van der Waals surface area contributed by atoms with Gasteiger partial charge in [0.1, 0.15) is 22.1 Å². The number of esters is 1. The van der Waals surface area contributed by atoms with Gasteiger partial charge in [-0.15, -0.1) is 0 Å². The van der Waals surface area contributed by atoms with Crippen molar-refractivity contribution in [3.63, 3.8) is 0 Å². The topological polar surface area (TPSA) is 84.7 Å². The minimum absolute atomic E-state index is 0.158. The first kappa shape index (κ1) is 17.0. The number of aryl methyl sites for hydroxylation is 2. The molecule has 0 aliphatic heterocycles. The zero-order valence-corrected chi connectivity index (χ0v) is 14.5. The summed E-state index contributed by atoms with van der Waals surface area (Å²) in [5.74, 6) is 0.374. The molecule has 8 heteroatoms. The van der Waals surface area contributed by atoms with E-state index in [0.717, 1.165) is 5.00 Å². The van der Waals surface area contributed by atoms with Crippen molar-refractivity contribution < 1.29 is 18.7 Å². The van der Waals surface area contributed by atoms with Gasteiger partial charge in [0.25, 0.3) is 5.91 Å². The third kappa shape index (κ3) is 3.37. The second kappa shape index (κ2) is 6.82. The van der Waals surface area contributed by atoms with Crippen LogP contribution in [0.1, 0.15) is 37.9 Å². The van der Waals surface area contributed by atoms with Crippen LogP contribution in [0.2, 0.25) is 0 Å². The second-order valence-corrected chi connectivity index (χ2v) is 5.83. The van der Waals surface area contributed by atoms with Crippen LogP contribution < -0.4 is 5.32 Å². The number of amides is 1. The monoisotopic (exact) mass is 337 g/mol. The molecular weight excluding hydrogens is 318 g/mol. The Hall–Kier alpha value is -2.35. The van der Waals surface area contributed by atoms with Crippen LogP contribution in [0.3, 0.4) is 0 Å². The Kier molecular flexibility index (Phi) is 5.05. The molecule has 0 fully saturated rings. The average molecular weight is 337 g/mol. The molecule has 2 heterocycles. The van der Waals surface area contributed by atoms with E-state index in [1.54, 1.807) is 34.0 Å². The molecule has 23 heavy (non-hydrogen) atoms. The van der Waals surface area contributed by atoms with Crippen LogP contribution >= 0.6 is 11.5 Å². The number of rotatable bonds is 5. The Bertz CT molecular complexity index is 735. The van der Waals surface area contributed by atoms with E-state index in [4.69, 9.17) is 9.15 Å². The SMILES string of the molecule is CNc1snc(C)c1C(=O)N(C)Cc1cc(C(=O)OC)c(C)o1. The lowest BCUT2D eigenvalue weighted by Crippen LogP contribution is -2.26. The summed E-state index contributed by atoms with van der Waals surface area (Å²) in [5.41, 5.74) is 1.60. The lowest BCUT2D eigenvalue weighted by Gasteiger charge is -2.16. The number of carbonyl (C=O) groups excluding carboxylic acids is 2. The van der Waals surface area contributed by atoms with Crippen molar-refractivity contribution in [2.45, 2.75) is 20.4 Å². The Labute approximate surface area is 138 Å². The van der Waals surface area contributed by atoms with E-state index >= 15 is 0 Å². The summed E-state index contributed by atoms with van der Waals surface area (Å²) in [6.45, 7) is 3.73. The maximum atomic E-state index is 12.6. The first-order chi connectivity index (χ1) is 10.9. The molecule has 0 atom stereocenters. The minimum Gasteiger partial charge on any atom is -0.465 e. The molecule has 0 aromatic carbocycles. The average Bonchev–Trinajstić information content (AvgIpc) is 3.08. The molecule has 0 radical (unpaired) electrons. The Morgan fingerprint density at radius 3 is 2.74 bits per heavy atom. The number of ether oxygens (including phenoxy) is 1. The summed E-state index contributed by atoms with van der Waals surface area (Å²) in [6.07, 6.45) is 0. The standard InChI is InChI=1S/C15H19N3O4S/c1-8-12(13(16-3)23-17-8)14(19)18(4)7-10-6-11(9(2)22-10)15(20)21-5/h6,16H,7H2,1-5H3. The van der Waals surface area contributed by atoms with E-state index in [1.807, 2.05) is 0 Å². The summed E-state index contributed by atoms with van der Waals surface area (Å²) in [6, 6.07) is 1.60. The molecule has 0 unspecified atom stereocenters. The number of nitrogens with zero attached hydrogens (tertiary/aromatic N) is 2. The predicted octanol–water partition coefficient (Wildman–Crippen LogP) is 2.45. The fourth-order valence-electron chi connectivity index (χ4n) is 2.22. The fourth-order valence-corrected chi connectivity index (χ4v) is 2.96. The van der Waals surface area contributed by atoms with Crippen LogP contribution in [0.4, 0.5) is 5.00 Å². The molecule has 0 saturated carbocycles. The summed E-state index contributed by atoms with van der Waals surface area (Å²) >= 11 is 1.25. The van der Waals surface area contributed by atoms with Gasteiger partial charge >= 0.3 is 5.97 Å². The summed E-state index contributed by atoms with van der Waals surface area (Å²) < 4.78 is 14.4. The van der Waals surface area contributed by atoms with E-state index in [9.17, 15) is 9.59 Å². The quantitative estimate of drug-likeness (QED) is 0.844. The van der Waals surface area contributed by atoms with Crippen LogP contribution in [-0.2, 0) is 11.3 Å². The Morgan fingerprint density at radius 2 is 2.13 bits per heavy atom. The molecule has 7 nitrogen and oxygen atoms in total. The lowest BCUT2D eigenvalue weighted by molar-refractivity contribution is 0.0598. The first-order valence-electron chi connectivity index (χ1n) is 6.96. The first-order valence-corrected chi connectivity index (χ1v) is 7.73. The highest BCUT2D eigenvalue weighted by Crippen LogP contribution is 2.26. The van der Waals surface area contributed by atoms with Gasteiger partial charge in [-0.05, 0) is 31.4 Å². The molecular formula is C15H19N3O4S. The largest absolute Gasteiger partial charge is 0.465 e. The highest BCUT2D eigenvalue weighted by Gasteiger charge is 2.23.